The normalized spacial score (nSPS) is 11.2. The second-order valence-corrected chi connectivity index (χ2v) is 6.16. The molecule has 0 unspecified atom stereocenters. The summed E-state index contributed by atoms with van der Waals surface area (Å²) >= 11 is 0. The van der Waals surface area contributed by atoms with Crippen molar-refractivity contribution in [1.82, 2.24) is 9.38 Å². The maximum Gasteiger partial charge on any atom is 0.138 e. The smallest absolute Gasteiger partial charge is 0.138 e. The lowest BCUT2D eigenvalue weighted by molar-refractivity contribution is 1.26. The fourth-order valence-electron chi connectivity index (χ4n) is 3.41. The Bertz CT molecular complexity index is 1170. The molecule has 0 atom stereocenters. The van der Waals surface area contributed by atoms with Crippen LogP contribution in [0, 0.1) is 0 Å². The summed E-state index contributed by atoms with van der Waals surface area (Å²) in [7, 11) is 0. The molecular weight excluding hydrogens is 304 g/mol. The summed E-state index contributed by atoms with van der Waals surface area (Å²) in [6, 6.07) is 31.5. The van der Waals surface area contributed by atoms with Crippen LogP contribution in [0.15, 0.2) is 97.2 Å². The van der Waals surface area contributed by atoms with E-state index >= 15 is 0 Å². The van der Waals surface area contributed by atoms with Crippen molar-refractivity contribution < 1.29 is 0 Å². The summed E-state index contributed by atoms with van der Waals surface area (Å²) in [6.07, 6.45) is 2.13. The van der Waals surface area contributed by atoms with Crippen molar-refractivity contribution in [3.63, 3.8) is 0 Å². The Balaban J connectivity index is 1.84. The van der Waals surface area contributed by atoms with Crippen molar-refractivity contribution >= 4 is 16.6 Å². The maximum atomic E-state index is 4.88. The van der Waals surface area contributed by atoms with Gasteiger partial charge in [0.2, 0.25) is 0 Å². The van der Waals surface area contributed by atoms with Crippen LogP contribution in [0.3, 0.4) is 0 Å². The number of hydrogen-bond acceptors (Lipinski definition) is 1. The molecule has 3 aromatic carbocycles. The molecule has 0 spiro atoms. The van der Waals surface area contributed by atoms with Crippen LogP contribution in [0.2, 0.25) is 0 Å². The lowest BCUT2D eigenvalue weighted by Crippen LogP contribution is -1.90. The fourth-order valence-corrected chi connectivity index (χ4v) is 3.41. The molecule has 2 nitrogen and oxygen atoms in total. The van der Waals surface area contributed by atoms with Gasteiger partial charge in [0.1, 0.15) is 5.65 Å². The van der Waals surface area contributed by atoms with Crippen LogP contribution in [0.25, 0.3) is 38.9 Å². The van der Waals surface area contributed by atoms with Gasteiger partial charge in [-0.05, 0) is 23.3 Å². The molecule has 5 aromatic rings. The van der Waals surface area contributed by atoms with E-state index < -0.39 is 0 Å². The van der Waals surface area contributed by atoms with E-state index in [1.54, 1.807) is 0 Å². The molecule has 0 aliphatic rings. The highest BCUT2D eigenvalue weighted by Gasteiger charge is 2.11. The number of aromatic nitrogens is 2. The molecule has 0 aliphatic heterocycles. The fraction of sp³-hybridized carbons (Fsp3) is 0. The number of fused-ring (bicyclic) bond motifs is 3. The SMILES string of the molecule is c1ccc(-c2cn3c(cc(-c4ccccc4)c4ccccc43)n2)cc1. The van der Waals surface area contributed by atoms with Gasteiger partial charge in [-0.2, -0.15) is 0 Å². The second-order valence-electron chi connectivity index (χ2n) is 6.16. The molecule has 2 aromatic heterocycles. The zero-order chi connectivity index (χ0) is 16.6. The summed E-state index contributed by atoms with van der Waals surface area (Å²) in [5, 5.41) is 1.23. The zero-order valence-corrected chi connectivity index (χ0v) is 13.6. The minimum atomic E-state index is 0.969. The molecule has 0 saturated carbocycles. The van der Waals surface area contributed by atoms with E-state index in [0.29, 0.717) is 0 Å². The van der Waals surface area contributed by atoms with E-state index in [9.17, 15) is 0 Å². The van der Waals surface area contributed by atoms with E-state index in [4.69, 9.17) is 4.98 Å². The van der Waals surface area contributed by atoms with Crippen molar-refractivity contribution in [2.24, 2.45) is 0 Å². The van der Waals surface area contributed by atoms with E-state index in [-0.39, 0.29) is 0 Å². The maximum absolute atomic E-state index is 4.88. The van der Waals surface area contributed by atoms with Crippen molar-refractivity contribution in [2.75, 3.05) is 0 Å². The number of pyridine rings is 1. The first-order valence-corrected chi connectivity index (χ1v) is 8.42. The van der Waals surface area contributed by atoms with Gasteiger partial charge >= 0.3 is 0 Å². The molecule has 0 amide bonds. The molecule has 0 bridgehead atoms. The summed E-state index contributed by atoms with van der Waals surface area (Å²) in [5.74, 6) is 0. The number of rotatable bonds is 2. The predicted octanol–water partition coefficient (Wildman–Crippen LogP) is 5.82. The van der Waals surface area contributed by atoms with Crippen LogP contribution < -0.4 is 0 Å². The van der Waals surface area contributed by atoms with Crippen LogP contribution >= 0.6 is 0 Å². The van der Waals surface area contributed by atoms with Crippen molar-refractivity contribution in [1.29, 1.82) is 0 Å². The Morgan fingerprint density at radius 3 is 2.04 bits per heavy atom. The first-order valence-electron chi connectivity index (χ1n) is 8.42. The average Bonchev–Trinajstić information content (AvgIpc) is 3.13. The molecule has 0 N–H and O–H groups in total. The molecule has 2 heteroatoms. The quantitative estimate of drug-likeness (QED) is 0.400. The highest BCUT2D eigenvalue weighted by Crippen LogP contribution is 2.31. The van der Waals surface area contributed by atoms with E-state index in [1.165, 1.54) is 22.0 Å². The number of nitrogens with zero attached hydrogens (tertiary/aromatic N) is 2. The van der Waals surface area contributed by atoms with Gasteiger partial charge in [0.05, 0.1) is 11.2 Å². The molecular formula is C23H16N2. The number of hydrogen-bond donors (Lipinski definition) is 0. The third-order valence-electron chi connectivity index (χ3n) is 4.61. The van der Waals surface area contributed by atoms with Gasteiger partial charge in [0.25, 0.3) is 0 Å². The highest BCUT2D eigenvalue weighted by molar-refractivity contribution is 5.97. The van der Waals surface area contributed by atoms with Crippen molar-refractivity contribution in [3.05, 3.63) is 97.2 Å². The average molecular weight is 320 g/mol. The third-order valence-corrected chi connectivity index (χ3v) is 4.61. The van der Waals surface area contributed by atoms with Gasteiger partial charge in [0, 0.05) is 17.1 Å². The Morgan fingerprint density at radius 2 is 1.28 bits per heavy atom. The second kappa shape index (κ2) is 5.60. The monoisotopic (exact) mass is 320 g/mol. The molecule has 5 rings (SSSR count). The Hall–Kier alpha value is -3.39. The Labute approximate surface area is 146 Å². The molecule has 118 valence electrons. The van der Waals surface area contributed by atoms with Gasteiger partial charge < -0.3 is 0 Å². The van der Waals surface area contributed by atoms with Gasteiger partial charge in [-0.15, -0.1) is 0 Å². The van der Waals surface area contributed by atoms with Gasteiger partial charge in [-0.3, -0.25) is 4.40 Å². The summed E-state index contributed by atoms with van der Waals surface area (Å²) in [5.41, 5.74) is 6.71. The Morgan fingerprint density at radius 1 is 0.640 bits per heavy atom. The lowest BCUT2D eigenvalue weighted by Gasteiger charge is -2.09. The van der Waals surface area contributed by atoms with E-state index in [1.807, 2.05) is 24.3 Å². The predicted molar refractivity (Wildman–Crippen MR) is 104 cm³/mol. The van der Waals surface area contributed by atoms with Crippen LogP contribution in [0.4, 0.5) is 0 Å². The first kappa shape index (κ1) is 14.0. The summed E-state index contributed by atoms with van der Waals surface area (Å²) in [4.78, 5) is 4.88. The first-order chi connectivity index (χ1) is 12.4. The minimum Gasteiger partial charge on any atom is -0.299 e. The summed E-state index contributed by atoms with van der Waals surface area (Å²) in [6.45, 7) is 0. The lowest BCUT2D eigenvalue weighted by atomic mass is 10.0. The number of imidazole rings is 1. The number of benzene rings is 3. The van der Waals surface area contributed by atoms with Gasteiger partial charge in [-0.1, -0.05) is 78.9 Å². The molecule has 0 aliphatic carbocycles. The Kier molecular flexibility index (Phi) is 3.14. The van der Waals surface area contributed by atoms with E-state index in [0.717, 1.165) is 16.9 Å². The van der Waals surface area contributed by atoms with Crippen molar-refractivity contribution in [3.8, 4) is 22.4 Å². The largest absolute Gasteiger partial charge is 0.299 e. The molecule has 0 radical (unpaired) electrons. The molecule has 2 heterocycles. The highest BCUT2D eigenvalue weighted by atomic mass is 15.0. The van der Waals surface area contributed by atoms with Crippen LogP contribution in [0.5, 0.6) is 0 Å². The van der Waals surface area contributed by atoms with E-state index in [2.05, 4.69) is 77.3 Å². The zero-order valence-electron chi connectivity index (χ0n) is 13.6. The molecule has 25 heavy (non-hydrogen) atoms. The van der Waals surface area contributed by atoms with Crippen LogP contribution in [0.1, 0.15) is 0 Å². The van der Waals surface area contributed by atoms with Gasteiger partial charge in [0.15, 0.2) is 0 Å². The topological polar surface area (TPSA) is 17.3 Å². The molecule has 0 fully saturated rings. The van der Waals surface area contributed by atoms with Gasteiger partial charge in [-0.25, -0.2) is 4.98 Å². The number of para-hydroxylation sites is 1. The van der Waals surface area contributed by atoms with Crippen LogP contribution in [-0.2, 0) is 0 Å². The van der Waals surface area contributed by atoms with Crippen molar-refractivity contribution in [2.45, 2.75) is 0 Å². The summed E-state index contributed by atoms with van der Waals surface area (Å²) < 4.78 is 2.18. The minimum absolute atomic E-state index is 0.969. The molecule has 0 saturated heterocycles. The third kappa shape index (κ3) is 2.31. The van der Waals surface area contributed by atoms with Crippen LogP contribution in [-0.4, -0.2) is 9.38 Å². The standard InChI is InChI=1S/C23H16N2/c1-3-9-17(10-4-1)20-15-23-24-21(18-11-5-2-6-12-18)16-25(23)22-14-8-7-13-19(20)22/h1-16H.